The number of nitrogens with zero attached hydrogens (tertiary/aromatic N) is 1. The summed E-state index contributed by atoms with van der Waals surface area (Å²) in [5.74, 6) is 1.04. The maximum absolute atomic E-state index is 13.5. The van der Waals surface area contributed by atoms with Gasteiger partial charge in [-0.2, -0.15) is 0 Å². The zero-order chi connectivity index (χ0) is 29.2. The topological polar surface area (TPSA) is 100 Å². The lowest BCUT2D eigenvalue weighted by Crippen LogP contribution is -2.48. The van der Waals surface area contributed by atoms with Crippen LogP contribution in [0.25, 0.3) is 0 Å². The van der Waals surface area contributed by atoms with Crippen molar-refractivity contribution in [1.29, 1.82) is 0 Å². The van der Waals surface area contributed by atoms with E-state index in [-0.39, 0.29) is 25.2 Å². The van der Waals surface area contributed by atoms with Crippen molar-refractivity contribution in [3.63, 3.8) is 0 Å². The van der Waals surface area contributed by atoms with Crippen molar-refractivity contribution in [1.82, 2.24) is 15.5 Å². The summed E-state index contributed by atoms with van der Waals surface area (Å²) in [4.78, 5) is 28.6. The fourth-order valence-electron chi connectivity index (χ4n) is 5.04. The summed E-state index contributed by atoms with van der Waals surface area (Å²) in [7, 11) is 0. The molecule has 3 aromatic rings. The first-order valence-corrected chi connectivity index (χ1v) is 14.4. The number of fused-ring (bicyclic) bond motifs is 1. The number of hydrogen-bond acceptors (Lipinski definition) is 6. The zero-order valence-corrected chi connectivity index (χ0v) is 24.2. The third-order valence-electron chi connectivity index (χ3n) is 7.06. The van der Waals surface area contributed by atoms with Gasteiger partial charge in [0.05, 0.1) is 12.1 Å². The van der Waals surface area contributed by atoms with Gasteiger partial charge in [-0.1, -0.05) is 50.2 Å². The fraction of sp³-hybridized carbons (Fsp3) is 0.394. The van der Waals surface area contributed by atoms with E-state index in [1.165, 1.54) is 0 Å². The van der Waals surface area contributed by atoms with Crippen molar-refractivity contribution in [2.24, 2.45) is 0 Å². The average molecular weight is 560 g/mol. The maximum Gasteiger partial charge on any atom is 0.253 e. The first-order valence-electron chi connectivity index (χ1n) is 14.4. The smallest absolute Gasteiger partial charge is 0.253 e. The monoisotopic (exact) mass is 559 g/mol. The molecule has 1 heterocycles. The van der Waals surface area contributed by atoms with Gasteiger partial charge in [0.2, 0.25) is 6.79 Å². The Morgan fingerprint density at radius 2 is 1.61 bits per heavy atom. The molecule has 0 saturated carbocycles. The zero-order valence-electron chi connectivity index (χ0n) is 24.2. The van der Waals surface area contributed by atoms with E-state index in [0.29, 0.717) is 42.9 Å². The summed E-state index contributed by atoms with van der Waals surface area (Å²) < 4.78 is 10.8. The van der Waals surface area contributed by atoms with Crippen LogP contribution in [-0.2, 0) is 13.0 Å². The molecule has 0 spiro atoms. The Hall–Kier alpha value is -3.88. The molecule has 1 aliphatic heterocycles. The predicted octanol–water partition coefficient (Wildman–Crippen LogP) is 4.48. The highest BCUT2D eigenvalue weighted by molar-refractivity contribution is 6.00. The second-order valence-electron chi connectivity index (χ2n) is 10.5. The van der Waals surface area contributed by atoms with Crippen LogP contribution in [0.15, 0.2) is 66.7 Å². The van der Waals surface area contributed by atoms with Crippen LogP contribution in [0.5, 0.6) is 11.5 Å². The van der Waals surface area contributed by atoms with E-state index in [1.54, 1.807) is 12.1 Å². The van der Waals surface area contributed by atoms with Crippen LogP contribution >= 0.6 is 0 Å². The molecule has 2 atom stereocenters. The maximum atomic E-state index is 13.5. The van der Waals surface area contributed by atoms with Crippen LogP contribution in [0, 0.1) is 6.92 Å². The van der Waals surface area contributed by atoms with E-state index in [4.69, 9.17) is 9.47 Å². The summed E-state index contributed by atoms with van der Waals surface area (Å²) in [6, 6.07) is 20.2. The molecule has 3 N–H and O–H groups in total. The number of nitrogens with one attached hydrogen (secondary N) is 2. The number of ether oxygens (including phenoxy) is 2. The van der Waals surface area contributed by atoms with E-state index in [2.05, 4.69) is 10.6 Å². The van der Waals surface area contributed by atoms with Crippen molar-refractivity contribution in [2.45, 2.75) is 58.7 Å². The van der Waals surface area contributed by atoms with Crippen molar-refractivity contribution < 1.29 is 24.2 Å². The number of aliphatic hydroxyl groups is 1. The number of carbonyl (C=O) groups is 2. The molecule has 1 aliphatic rings. The van der Waals surface area contributed by atoms with E-state index >= 15 is 0 Å². The molecule has 0 aliphatic carbocycles. The van der Waals surface area contributed by atoms with Gasteiger partial charge < -0.3 is 30.1 Å². The van der Waals surface area contributed by atoms with Crippen LogP contribution < -0.4 is 20.1 Å². The molecule has 0 bridgehead atoms. The van der Waals surface area contributed by atoms with E-state index in [9.17, 15) is 14.7 Å². The summed E-state index contributed by atoms with van der Waals surface area (Å²) in [5.41, 5.74) is 3.74. The minimum atomic E-state index is -0.858. The molecule has 218 valence electrons. The van der Waals surface area contributed by atoms with Gasteiger partial charge in [-0.25, -0.2) is 0 Å². The molecule has 0 aromatic heterocycles. The van der Waals surface area contributed by atoms with Crippen LogP contribution in [0.3, 0.4) is 0 Å². The lowest BCUT2D eigenvalue weighted by molar-refractivity contribution is 0.0755. The highest BCUT2D eigenvalue weighted by atomic mass is 16.7. The SMILES string of the molecule is CCCN(CCC)C(=O)c1cc(C)cc(C(=O)N[C@@H](Cc2ccccc2)[C@H](O)CNCc2ccc3c(c2)OCO3)c1. The van der Waals surface area contributed by atoms with Crippen LogP contribution in [0.4, 0.5) is 0 Å². The van der Waals surface area contributed by atoms with Gasteiger partial charge >= 0.3 is 0 Å². The van der Waals surface area contributed by atoms with E-state index in [0.717, 1.165) is 35.3 Å². The van der Waals surface area contributed by atoms with Gasteiger partial charge in [-0.05, 0) is 73.2 Å². The van der Waals surface area contributed by atoms with Crippen LogP contribution in [0.1, 0.15) is 64.1 Å². The number of benzene rings is 3. The minimum absolute atomic E-state index is 0.0694. The first kappa shape index (κ1) is 30.1. The molecule has 2 amide bonds. The molecule has 41 heavy (non-hydrogen) atoms. The average Bonchev–Trinajstić information content (AvgIpc) is 3.44. The van der Waals surface area contributed by atoms with Gasteiger partial charge in [0.1, 0.15) is 0 Å². The third kappa shape index (κ3) is 8.31. The third-order valence-corrected chi connectivity index (χ3v) is 7.06. The molecule has 3 aromatic carbocycles. The van der Waals surface area contributed by atoms with Crippen molar-refractivity contribution in [3.05, 3.63) is 94.5 Å². The largest absolute Gasteiger partial charge is 0.454 e. The van der Waals surface area contributed by atoms with E-state index < -0.39 is 12.1 Å². The quantitative estimate of drug-likeness (QED) is 0.269. The molecule has 0 radical (unpaired) electrons. The van der Waals surface area contributed by atoms with Crippen LogP contribution in [-0.4, -0.2) is 60.4 Å². The number of carbonyl (C=O) groups excluding carboxylic acids is 2. The van der Waals surface area contributed by atoms with Crippen molar-refractivity contribution >= 4 is 11.8 Å². The molecule has 0 unspecified atom stereocenters. The first-order chi connectivity index (χ1) is 19.9. The van der Waals surface area contributed by atoms with Gasteiger partial charge in [0, 0.05) is 37.3 Å². The Kier molecular flexibility index (Phi) is 10.8. The Bertz CT molecular complexity index is 1310. The predicted molar refractivity (Wildman–Crippen MR) is 159 cm³/mol. The van der Waals surface area contributed by atoms with Gasteiger partial charge in [0.25, 0.3) is 11.8 Å². The Balaban J connectivity index is 1.46. The number of hydrogen-bond donors (Lipinski definition) is 3. The lowest BCUT2D eigenvalue weighted by Gasteiger charge is -2.25. The summed E-state index contributed by atoms with van der Waals surface area (Å²) in [5, 5.41) is 17.5. The normalized spacial score (nSPS) is 13.5. The molecule has 4 rings (SSSR count). The number of aliphatic hydroxyl groups excluding tert-OH is 1. The lowest BCUT2D eigenvalue weighted by atomic mass is 9.99. The number of amides is 2. The summed E-state index contributed by atoms with van der Waals surface area (Å²) in [6.45, 7) is 8.34. The highest BCUT2D eigenvalue weighted by Gasteiger charge is 2.24. The van der Waals surface area contributed by atoms with E-state index in [1.807, 2.05) is 80.3 Å². The second kappa shape index (κ2) is 14.7. The number of rotatable bonds is 14. The van der Waals surface area contributed by atoms with Gasteiger partial charge in [0.15, 0.2) is 11.5 Å². The van der Waals surface area contributed by atoms with Crippen LogP contribution in [0.2, 0.25) is 0 Å². The summed E-state index contributed by atoms with van der Waals surface area (Å²) >= 11 is 0. The second-order valence-corrected chi connectivity index (χ2v) is 10.5. The molecular weight excluding hydrogens is 518 g/mol. The highest BCUT2D eigenvalue weighted by Crippen LogP contribution is 2.32. The fourth-order valence-corrected chi connectivity index (χ4v) is 5.04. The molecule has 8 heteroatoms. The number of aryl methyl sites for hydroxylation is 1. The minimum Gasteiger partial charge on any atom is -0.454 e. The Morgan fingerprint density at radius 1 is 0.902 bits per heavy atom. The van der Waals surface area contributed by atoms with Crippen molar-refractivity contribution in [3.8, 4) is 11.5 Å². The molecule has 0 fully saturated rings. The van der Waals surface area contributed by atoms with Crippen molar-refractivity contribution in [2.75, 3.05) is 26.4 Å². The standard InChI is InChI=1S/C33H41N3O5/c1-4-13-36(14-5-2)33(39)27-16-23(3)15-26(19-27)32(38)35-28(17-24-9-7-6-8-10-24)29(37)21-34-20-25-11-12-30-31(18-25)41-22-40-30/h6-12,15-16,18-19,28-29,34,37H,4-5,13-14,17,20-22H2,1-3H3,(H,35,38)/t28-,29+/m0/s1. The Morgan fingerprint density at radius 3 is 2.34 bits per heavy atom. The molecular formula is C33H41N3O5. The Labute approximate surface area is 242 Å². The van der Waals surface area contributed by atoms with Gasteiger partial charge in [-0.3, -0.25) is 9.59 Å². The summed E-state index contributed by atoms with van der Waals surface area (Å²) in [6.07, 6.45) is 1.33. The van der Waals surface area contributed by atoms with Gasteiger partial charge in [-0.15, -0.1) is 0 Å². The molecule has 0 saturated heterocycles. The molecule has 8 nitrogen and oxygen atoms in total.